The topological polar surface area (TPSA) is 43.4 Å². The Bertz CT molecular complexity index is 514. The summed E-state index contributed by atoms with van der Waals surface area (Å²) in [6, 6.07) is 0. The summed E-state index contributed by atoms with van der Waals surface area (Å²) in [4.78, 5) is 0. The Labute approximate surface area is 116 Å². The molecule has 1 saturated heterocycles. The highest BCUT2D eigenvalue weighted by atomic mass is 32.2. The summed E-state index contributed by atoms with van der Waals surface area (Å²) in [6.07, 6.45) is 9.31. The molecule has 108 valence electrons. The molecule has 0 amide bonds. The molecule has 0 aromatic carbocycles. The van der Waals surface area contributed by atoms with Crippen molar-refractivity contribution in [3.05, 3.63) is 12.2 Å². The first kappa shape index (κ1) is 13.6. The zero-order valence-corrected chi connectivity index (χ0v) is 12.9. The van der Waals surface area contributed by atoms with Gasteiger partial charge in [0.05, 0.1) is 11.4 Å². The number of ether oxygens (including phenoxy) is 1. The minimum absolute atomic E-state index is 0.0451. The summed E-state index contributed by atoms with van der Waals surface area (Å²) in [7, 11) is -3.14. The van der Waals surface area contributed by atoms with Crippen LogP contribution in [0.5, 0.6) is 0 Å². The first-order chi connectivity index (χ1) is 8.71. The molecule has 4 heteroatoms. The third-order valence-electron chi connectivity index (χ3n) is 5.21. The molecule has 1 heterocycles. The van der Waals surface area contributed by atoms with Gasteiger partial charge < -0.3 is 4.74 Å². The summed E-state index contributed by atoms with van der Waals surface area (Å²) in [5.74, 6) is 0.324. The molecular weight excluding hydrogens is 260 g/mol. The van der Waals surface area contributed by atoms with Crippen LogP contribution in [-0.2, 0) is 14.6 Å². The van der Waals surface area contributed by atoms with Crippen LogP contribution in [0.25, 0.3) is 0 Å². The van der Waals surface area contributed by atoms with E-state index < -0.39 is 20.9 Å². The molecule has 0 bridgehead atoms. The van der Waals surface area contributed by atoms with Gasteiger partial charge in [-0.25, -0.2) is 8.42 Å². The molecule has 0 spiro atoms. The molecule has 3 rings (SSSR count). The van der Waals surface area contributed by atoms with Crippen molar-refractivity contribution in [2.45, 2.75) is 63.9 Å². The first-order valence-corrected chi connectivity index (χ1v) is 8.97. The van der Waals surface area contributed by atoms with Crippen LogP contribution in [0, 0.1) is 10.8 Å². The summed E-state index contributed by atoms with van der Waals surface area (Å²) in [5.41, 5.74) is -1.22. The normalized spacial score (nSPS) is 44.1. The van der Waals surface area contributed by atoms with E-state index in [0.29, 0.717) is 5.75 Å². The van der Waals surface area contributed by atoms with Crippen molar-refractivity contribution in [3.63, 3.8) is 0 Å². The molecule has 2 fully saturated rings. The highest BCUT2D eigenvalue weighted by molar-refractivity contribution is 7.92. The SMILES string of the molecule is CC(C)(C)OC1C23CC=CCC2(CCC3)CS1(=O)=O. The monoisotopic (exact) mass is 284 g/mol. The van der Waals surface area contributed by atoms with E-state index in [4.69, 9.17) is 4.74 Å². The van der Waals surface area contributed by atoms with Gasteiger partial charge in [-0.2, -0.15) is 0 Å². The fourth-order valence-corrected chi connectivity index (χ4v) is 7.59. The third kappa shape index (κ3) is 1.83. The molecule has 1 aliphatic heterocycles. The van der Waals surface area contributed by atoms with E-state index in [1.165, 1.54) is 0 Å². The molecule has 2 aliphatic carbocycles. The lowest BCUT2D eigenvalue weighted by Gasteiger charge is -2.44. The van der Waals surface area contributed by atoms with E-state index in [-0.39, 0.29) is 10.8 Å². The second kappa shape index (κ2) is 3.85. The zero-order valence-electron chi connectivity index (χ0n) is 12.1. The van der Waals surface area contributed by atoms with Crippen molar-refractivity contribution in [1.82, 2.24) is 0 Å². The minimum Gasteiger partial charge on any atom is -0.356 e. The summed E-state index contributed by atoms with van der Waals surface area (Å²) in [5, 5.41) is 0. The maximum atomic E-state index is 12.7. The first-order valence-electron chi connectivity index (χ1n) is 7.25. The fraction of sp³-hybridized carbons (Fsp3) is 0.867. The van der Waals surface area contributed by atoms with Crippen molar-refractivity contribution in [2.24, 2.45) is 10.8 Å². The maximum Gasteiger partial charge on any atom is 0.178 e. The molecule has 3 nitrogen and oxygen atoms in total. The second-order valence-corrected chi connectivity index (χ2v) is 9.58. The van der Waals surface area contributed by atoms with E-state index in [2.05, 4.69) is 12.2 Å². The highest BCUT2D eigenvalue weighted by Gasteiger charge is 2.69. The average Bonchev–Trinajstić information content (AvgIpc) is 2.70. The number of sulfone groups is 1. The lowest BCUT2D eigenvalue weighted by molar-refractivity contribution is -0.0984. The molecule has 3 atom stereocenters. The van der Waals surface area contributed by atoms with Crippen LogP contribution < -0.4 is 0 Å². The number of hydrogen-bond acceptors (Lipinski definition) is 3. The second-order valence-electron chi connectivity index (χ2n) is 7.54. The van der Waals surface area contributed by atoms with Crippen LogP contribution >= 0.6 is 0 Å². The van der Waals surface area contributed by atoms with E-state index >= 15 is 0 Å². The summed E-state index contributed by atoms with van der Waals surface area (Å²) in [6.45, 7) is 5.85. The number of allylic oxidation sites excluding steroid dienone is 2. The van der Waals surface area contributed by atoms with E-state index in [0.717, 1.165) is 32.1 Å². The molecule has 19 heavy (non-hydrogen) atoms. The van der Waals surface area contributed by atoms with Gasteiger partial charge in [-0.3, -0.25) is 0 Å². The highest BCUT2D eigenvalue weighted by Crippen LogP contribution is 2.67. The van der Waals surface area contributed by atoms with Gasteiger partial charge in [0.2, 0.25) is 0 Å². The summed E-state index contributed by atoms with van der Waals surface area (Å²) >= 11 is 0. The van der Waals surface area contributed by atoms with Crippen LogP contribution in [-0.4, -0.2) is 25.2 Å². The standard InChI is InChI=1S/C15H24O3S/c1-13(2,3)18-12-15-9-5-4-7-14(15,8-6-10-15)11-19(12,16)17/h4-5,12H,6-11H2,1-3H3. The lowest BCUT2D eigenvalue weighted by Crippen LogP contribution is -2.46. The zero-order chi connectivity index (χ0) is 13.9. The van der Waals surface area contributed by atoms with Gasteiger partial charge in [0.25, 0.3) is 0 Å². The Morgan fingerprint density at radius 1 is 1.16 bits per heavy atom. The Balaban J connectivity index is 2.09. The molecular formula is C15H24O3S. The lowest BCUT2D eigenvalue weighted by atomic mass is 9.61. The van der Waals surface area contributed by atoms with Gasteiger partial charge in [0, 0.05) is 5.41 Å². The Hall–Kier alpha value is -0.350. The maximum absolute atomic E-state index is 12.7. The van der Waals surface area contributed by atoms with Gasteiger partial charge in [-0.1, -0.05) is 18.6 Å². The van der Waals surface area contributed by atoms with Crippen molar-refractivity contribution >= 4 is 9.84 Å². The Kier molecular flexibility index (Phi) is 2.76. The van der Waals surface area contributed by atoms with Crippen LogP contribution in [0.15, 0.2) is 12.2 Å². The van der Waals surface area contributed by atoms with E-state index in [1.807, 2.05) is 20.8 Å². The van der Waals surface area contributed by atoms with Crippen molar-refractivity contribution in [2.75, 3.05) is 5.75 Å². The van der Waals surface area contributed by atoms with Crippen molar-refractivity contribution in [3.8, 4) is 0 Å². The van der Waals surface area contributed by atoms with Crippen molar-refractivity contribution in [1.29, 1.82) is 0 Å². The fourth-order valence-electron chi connectivity index (χ4n) is 4.53. The van der Waals surface area contributed by atoms with Crippen molar-refractivity contribution < 1.29 is 13.2 Å². The van der Waals surface area contributed by atoms with E-state index in [1.54, 1.807) is 0 Å². The van der Waals surface area contributed by atoms with Crippen LogP contribution in [0.3, 0.4) is 0 Å². The Morgan fingerprint density at radius 2 is 1.84 bits per heavy atom. The van der Waals surface area contributed by atoms with Gasteiger partial charge in [0.1, 0.15) is 0 Å². The van der Waals surface area contributed by atoms with Gasteiger partial charge in [-0.15, -0.1) is 0 Å². The molecule has 1 saturated carbocycles. The predicted molar refractivity (Wildman–Crippen MR) is 75.5 cm³/mol. The van der Waals surface area contributed by atoms with Gasteiger partial charge in [-0.05, 0) is 51.9 Å². The minimum atomic E-state index is -3.14. The third-order valence-corrected chi connectivity index (χ3v) is 7.36. The molecule has 3 unspecified atom stereocenters. The quantitative estimate of drug-likeness (QED) is 0.695. The predicted octanol–water partition coefficient (Wildman–Crippen LogP) is 3.06. The molecule has 0 radical (unpaired) electrons. The van der Waals surface area contributed by atoms with Gasteiger partial charge in [0.15, 0.2) is 15.3 Å². The largest absolute Gasteiger partial charge is 0.356 e. The molecule has 0 aromatic heterocycles. The molecule has 0 N–H and O–H groups in total. The van der Waals surface area contributed by atoms with Gasteiger partial charge >= 0.3 is 0 Å². The van der Waals surface area contributed by atoms with Crippen LogP contribution in [0.4, 0.5) is 0 Å². The smallest absolute Gasteiger partial charge is 0.178 e. The Morgan fingerprint density at radius 3 is 2.53 bits per heavy atom. The molecule has 0 aromatic rings. The number of rotatable bonds is 1. The number of hydrogen-bond donors (Lipinski definition) is 0. The average molecular weight is 284 g/mol. The summed E-state index contributed by atoms with van der Waals surface area (Å²) < 4.78 is 31.4. The van der Waals surface area contributed by atoms with Crippen LogP contribution in [0.1, 0.15) is 52.9 Å². The van der Waals surface area contributed by atoms with E-state index in [9.17, 15) is 8.42 Å². The van der Waals surface area contributed by atoms with Crippen LogP contribution in [0.2, 0.25) is 0 Å². The molecule has 3 aliphatic rings.